The van der Waals surface area contributed by atoms with Gasteiger partial charge in [0.15, 0.2) is 0 Å². The summed E-state index contributed by atoms with van der Waals surface area (Å²) in [6.45, 7) is 4.55. The molecule has 0 saturated carbocycles. The van der Waals surface area contributed by atoms with Crippen LogP contribution in [-0.4, -0.2) is 12.8 Å². The second kappa shape index (κ2) is 9.26. The minimum Gasteiger partial charge on any atom is -0.465 e. The molecule has 0 radical (unpaired) electrons. The molecule has 0 saturated heterocycles. The fourth-order valence-corrected chi connectivity index (χ4v) is 1.90. The summed E-state index contributed by atoms with van der Waals surface area (Å²) < 4.78 is 5.54. The average Bonchev–Trinajstić information content (AvgIpc) is 2.59. The quantitative estimate of drug-likeness (QED) is 0.307. The Bertz CT molecular complexity index is 668. The van der Waals surface area contributed by atoms with Gasteiger partial charge in [-0.05, 0) is 49.3 Å². The normalized spacial score (nSPS) is 11.6. The Morgan fingerprint density at radius 2 is 1.52 bits per heavy atom. The van der Waals surface area contributed by atoms with Crippen molar-refractivity contribution in [2.45, 2.75) is 13.8 Å². The summed E-state index contributed by atoms with van der Waals surface area (Å²) in [5, 5.41) is 3.70. The van der Waals surface area contributed by atoms with Crippen molar-refractivity contribution >= 4 is 6.21 Å². The monoisotopic (exact) mass is 307 g/mol. The first-order valence-corrected chi connectivity index (χ1v) is 7.60. The van der Waals surface area contributed by atoms with Gasteiger partial charge in [0.2, 0.25) is 0 Å². The summed E-state index contributed by atoms with van der Waals surface area (Å²) in [6.07, 6.45) is 8.61. The van der Waals surface area contributed by atoms with Gasteiger partial charge in [-0.2, -0.15) is 0 Å². The number of rotatable bonds is 7. The van der Waals surface area contributed by atoms with E-state index in [9.17, 15) is 0 Å². The van der Waals surface area contributed by atoms with E-state index in [1.54, 1.807) is 24.6 Å². The molecule has 2 rings (SSSR count). The van der Waals surface area contributed by atoms with Gasteiger partial charge < -0.3 is 9.57 Å². The third-order valence-electron chi connectivity index (χ3n) is 3.09. The minimum absolute atomic E-state index is 0.571. The highest BCUT2D eigenvalue weighted by molar-refractivity contribution is 5.70. The van der Waals surface area contributed by atoms with Crippen molar-refractivity contribution in [3.8, 4) is 16.9 Å². The molecule has 0 spiro atoms. The van der Waals surface area contributed by atoms with Gasteiger partial charge in [0.1, 0.15) is 12.4 Å². The lowest BCUT2D eigenvalue weighted by molar-refractivity contribution is 0.160. The van der Waals surface area contributed by atoms with E-state index >= 15 is 0 Å². The van der Waals surface area contributed by atoms with Crippen molar-refractivity contribution in [2.75, 3.05) is 6.61 Å². The van der Waals surface area contributed by atoms with Gasteiger partial charge in [-0.25, -0.2) is 0 Å². The van der Waals surface area contributed by atoms with Crippen LogP contribution in [0.3, 0.4) is 0 Å². The Hall–Kier alpha value is -2.81. The summed E-state index contributed by atoms with van der Waals surface area (Å²) in [6, 6.07) is 16.5. The molecule has 0 aliphatic carbocycles. The van der Waals surface area contributed by atoms with Crippen LogP contribution in [-0.2, 0) is 4.84 Å². The predicted octanol–water partition coefficient (Wildman–Crippen LogP) is 5.13. The molecule has 0 aliphatic rings. The van der Waals surface area contributed by atoms with E-state index in [4.69, 9.17) is 9.57 Å². The van der Waals surface area contributed by atoms with Crippen LogP contribution in [0, 0.1) is 6.92 Å². The molecule has 0 aliphatic heterocycles. The number of ether oxygens (including phenoxy) is 1. The molecule has 0 bridgehead atoms. The fourth-order valence-electron chi connectivity index (χ4n) is 1.90. The van der Waals surface area contributed by atoms with Crippen molar-refractivity contribution < 1.29 is 9.57 Å². The number of aryl methyl sites for hydroxylation is 1. The van der Waals surface area contributed by atoms with Crippen LogP contribution >= 0.6 is 0 Å². The van der Waals surface area contributed by atoms with E-state index in [1.807, 2.05) is 25.1 Å². The third kappa shape index (κ3) is 5.83. The van der Waals surface area contributed by atoms with Gasteiger partial charge in [-0.1, -0.05) is 53.2 Å². The van der Waals surface area contributed by atoms with Gasteiger partial charge in [-0.15, -0.1) is 0 Å². The van der Waals surface area contributed by atoms with Crippen molar-refractivity contribution in [2.24, 2.45) is 5.16 Å². The Balaban J connectivity index is 1.86. The van der Waals surface area contributed by atoms with Gasteiger partial charge >= 0.3 is 0 Å². The van der Waals surface area contributed by atoms with E-state index < -0.39 is 0 Å². The van der Waals surface area contributed by atoms with Gasteiger partial charge in [-0.3, -0.25) is 0 Å². The maximum absolute atomic E-state index is 5.54. The molecule has 0 unspecified atom stereocenters. The highest BCUT2D eigenvalue weighted by Crippen LogP contribution is 2.22. The second-order valence-corrected chi connectivity index (χ2v) is 4.89. The molecule has 0 fully saturated rings. The Morgan fingerprint density at radius 1 is 0.870 bits per heavy atom. The Labute approximate surface area is 137 Å². The van der Waals surface area contributed by atoms with Crippen LogP contribution < -0.4 is 4.74 Å². The lowest BCUT2D eigenvalue weighted by Crippen LogP contribution is -1.83. The summed E-state index contributed by atoms with van der Waals surface area (Å²) in [5.74, 6) is 0.800. The van der Waals surface area contributed by atoms with Crippen molar-refractivity contribution in [3.05, 3.63) is 78.6 Å². The van der Waals surface area contributed by atoms with Crippen LogP contribution in [0.1, 0.15) is 12.5 Å². The molecule has 0 aromatic heterocycles. The predicted molar refractivity (Wildman–Crippen MR) is 95.6 cm³/mol. The molecule has 118 valence electrons. The number of hydrogen-bond donors (Lipinski definition) is 0. The van der Waals surface area contributed by atoms with Crippen LogP contribution in [0.4, 0.5) is 0 Å². The molecular formula is C20H21NO2. The van der Waals surface area contributed by atoms with Crippen LogP contribution in [0.5, 0.6) is 5.75 Å². The van der Waals surface area contributed by atoms with E-state index in [1.165, 1.54) is 16.7 Å². The first kappa shape index (κ1) is 16.6. The zero-order valence-corrected chi connectivity index (χ0v) is 13.5. The van der Waals surface area contributed by atoms with Crippen LogP contribution in [0.2, 0.25) is 0 Å². The van der Waals surface area contributed by atoms with Gasteiger partial charge in [0.25, 0.3) is 0 Å². The standard InChI is InChI=1S/C20H21NO2/c1-3-23-21-15-5-4-6-16-22-20-13-11-19(12-14-20)18-9-7-17(2)8-10-18/h4-16H,3H2,1-2H3/b5-4+,16-6+,21-15+. The summed E-state index contributed by atoms with van der Waals surface area (Å²) in [5.41, 5.74) is 3.64. The van der Waals surface area contributed by atoms with E-state index in [0.717, 1.165) is 5.75 Å². The third-order valence-corrected chi connectivity index (χ3v) is 3.09. The molecule has 3 heteroatoms. The number of benzene rings is 2. The molecule has 23 heavy (non-hydrogen) atoms. The number of oxime groups is 1. The van der Waals surface area contributed by atoms with Crippen molar-refractivity contribution in [1.82, 2.24) is 0 Å². The molecule has 2 aromatic carbocycles. The lowest BCUT2D eigenvalue weighted by Gasteiger charge is -2.04. The van der Waals surface area contributed by atoms with Crippen LogP contribution in [0.25, 0.3) is 11.1 Å². The highest BCUT2D eigenvalue weighted by atomic mass is 16.6. The second-order valence-electron chi connectivity index (χ2n) is 4.89. The molecular weight excluding hydrogens is 286 g/mol. The average molecular weight is 307 g/mol. The summed E-state index contributed by atoms with van der Waals surface area (Å²) in [7, 11) is 0. The first-order chi connectivity index (χ1) is 11.3. The fraction of sp³-hybridized carbons (Fsp3) is 0.150. The van der Waals surface area contributed by atoms with Gasteiger partial charge in [0.05, 0.1) is 12.5 Å². The van der Waals surface area contributed by atoms with Gasteiger partial charge in [0, 0.05) is 0 Å². The zero-order chi connectivity index (χ0) is 16.3. The molecule has 0 N–H and O–H groups in total. The molecule has 3 nitrogen and oxygen atoms in total. The Morgan fingerprint density at radius 3 is 2.17 bits per heavy atom. The van der Waals surface area contributed by atoms with Crippen molar-refractivity contribution in [1.29, 1.82) is 0 Å². The molecule has 2 aromatic rings. The number of hydrogen-bond acceptors (Lipinski definition) is 3. The first-order valence-electron chi connectivity index (χ1n) is 7.60. The zero-order valence-electron chi connectivity index (χ0n) is 13.5. The van der Waals surface area contributed by atoms with Crippen molar-refractivity contribution in [3.63, 3.8) is 0 Å². The van der Waals surface area contributed by atoms with E-state index in [-0.39, 0.29) is 0 Å². The topological polar surface area (TPSA) is 30.8 Å². The number of nitrogens with zero attached hydrogens (tertiary/aromatic N) is 1. The SMILES string of the molecule is CCO/N=C/C=C/C=C/Oc1ccc(-c2ccc(C)cc2)cc1. The largest absolute Gasteiger partial charge is 0.465 e. The molecule has 0 heterocycles. The summed E-state index contributed by atoms with van der Waals surface area (Å²) in [4.78, 5) is 4.83. The van der Waals surface area contributed by atoms with E-state index in [2.05, 4.69) is 48.5 Å². The molecule has 0 amide bonds. The molecule has 0 atom stereocenters. The highest BCUT2D eigenvalue weighted by Gasteiger charge is 1.97. The number of allylic oxidation sites excluding steroid dienone is 3. The van der Waals surface area contributed by atoms with Crippen LogP contribution in [0.15, 0.2) is 78.2 Å². The maximum Gasteiger partial charge on any atom is 0.126 e. The maximum atomic E-state index is 5.54. The Kier molecular flexibility index (Phi) is 6.66. The minimum atomic E-state index is 0.571. The van der Waals surface area contributed by atoms with E-state index in [0.29, 0.717) is 6.61 Å². The summed E-state index contributed by atoms with van der Waals surface area (Å²) >= 11 is 0. The smallest absolute Gasteiger partial charge is 0.126 e. The lowest BCUT2D eigenvalue weighted by atomic mass is 10.0.